The molecule has 0 amide bonds. The lowest BCUT2D eigenvalue weighted by molar-refractivity contribution is -0.136. The molecule has 0 aliphatic carbocycles. The minimum atomic E-state index is -0.970. The summed E-state index contributed by atoms with van der Waals surface area (Å²) in [5.74, 6) is -0.970. The first kappa shape index (κ1) is 10.1. The van der Waals surface area contributed by atoms with Crippen LogP contribution in [0.5, 0.6) is 0 Å². The highest BCUT2D eigenvalue weighted by Crippen LogP contribution is 2.09. The van der Waals surface area contributed by atoms with Gasteiger partial charge in [0.05, 0.1) is 0 Å². The van der Waals surface area contributed by atoms with Crippen molar-refractivity contribution in [2.24, 2.45) is 0 Å². The van der Waals surface area contributed by atoms with Crippen molar-refractivity contribution in [3.63, 3.8) is 0 Å². The van der Waals surface area contributed by atoms with Gasteiger partial charge in [-0.25, -0.2) is 0 Å². The maximum absolute atomic E-state index is 10.4. The molecule has 0 heterocycles. The van der Waals surface area contributed by atoms with Gasteiger partial charge in [0.25, 0.3) is 0 Å². The second-order valence-corrected chi connectivity index (χ2v) is 3.52. The molecule has 1 rings (SSSR count). The Kier molecular flexibility index (Phi) is 3.32. The average Bonchev–Trinajstić information content (AvgIpc) is 2.08. The van der Waals surface area contributed by atoms with Crippen molar-refractivity contribution in [1.29, 1.82) is 0 Å². The Hall–Kier alpha value is -1.02. The molecule has 70 valence electrons. The zero-order valence-electron chi connectivity index (χ0n) is 7.33. The van der Waals surface area contributed by atoms with E-state index in [0.717, 1.165) is 11.1 Å². The molecule has 0 aliphatic rings. The second-order valence-electron chi connectivity index (χ2n) is 3.00. The van der Waals surface area contributed by atoms with Crippen LogP contribution in [0.4, 0.5) is 0 Å². The molecular formula is C10H11ClO2. The number of aliphatic carboxylic acids is 1. The van der Waals surface area contributed by atoms with Crippen LogP contribution in [0.2, 0.25) is 0 Å². The van der Waals surface area contributed by atoms with Gasteiger partial charge in [0, 0.05) is 0 Å². The minimum absolute atomic E-state index is 0.372. The number of aryl methyl sites for hydroxylation is 1. The lowest BCUT2D eigenvalue weighted by Crippen LogP contribution is -2.15. The third-order valence-electron chi connectivity index (χ3n) is 1.80. The predicted molar refractivity (Wildman–Crippen MR) is 52.2 cm³/mol. The molecule has 0 spiro atoms. The third-order valence-corrected chi connectivity index (χ3v) is 2.14. The van der Waals surface area contributed by atoms with Crippen LogP contribution in [0.1, 0.15) is 11.1 Å². The summed E-state index contributed by atoms with van der Waals surface area (Å²) in [4.78, 5) is 10.4. The number of carbonyl (C=O) groups is 1. The van der Waals surface area contributed by atoms with Crippen molar-refractivity contribution < 1.29 is 9.90 Å². The molecule has 3 heteroatoms. The van der Waals surface area contributed by atoms with E-state index in [9.17, 15) is 4.79 Å². The normalized spacial score (nSPS) is 12.5. The van der Waals surface area contributed by atoms with Gasteiger partial charge in [0.15, 0.2) is 0 Å². The van der Waals surface area contributed by atoms with Gasteiger partial charge < -0.3 is 5.11 Å². The Balaban J connectivity index is 2.64. The number of hydrogen-bond donors (Lipinski definition) is 1. The molecule has 1 aromatic rings. The number of halogens is 1. The number of rotatable bonds is 3. The summed E-state index contributed by atoms with van der Waals surface area (Å²) < 4.78 is 0. The van der Waals surface area contributed by atoms with Crippen molar-refractivity contribution in [3.8, 4) is 0 Å². The minimum Gasteiger partial charge on any atom is -0.480 e. The van der Waals surface area contributed by atoms with Crippen LogP contribution in [-0.2, 0) is 11.2 Å². The summed E-state index contributed by atoms with van der Waals surface area (Å²) in [5.41, 5.74) is 2.11. The third kappa shape index (κ3) is 3.07. The molecule has 1 aromatic carbocycles. The summed E-state index contributed by atoms with van der Waals surface area (Å²) >= 11 is 5.59. The number of carboxylic acids is 1. The van der Waals surface area contributed by atoms with Crippen molar-refractivity contribution in [2.45, 2.75) is 18.7 Å². The average molecular weight is 199 g/mol. The van der Waals surface area contributed by atoms with E-state index in [1.165, 1.54) is 0 Å². The molecule has 0 aromatic heterocycles. The molecule has 0 fully saturated rings. The summed E-state index contributed by atoms with van der Waals surface area (Å²) in [6, 6.07) is 7.68. The topological polar surface area (TPSA) is 37.3 Å². The highest BCUT2D eigenvalue weighted by molar-refractivity contribution is 6.29. The fourth-order valence-corrected chi connectivity index (χ4v) is 1.20. The maximum Gasteiger partial charge on any atom is 0.321 e. The Bertz CT molecular complexity index is 292. The highest BCUT2D eigenvalue weighted by Gasteiger charge is 2.13. The summed E-state index contributed by atoms with van der Waals surface area (Å²) in [5, 5.41) is 7.74. The molecule has 0 unspecified atom stereocenters. The molecule has 0 bridgehead atoms. The van der Waals surface area contributed by atoms with E-state index in [-0.39, 0.29) is 0 Å². The van der Waals surface area contributed by atoms with Gasteiger partial charge >= 0.3 is 5.97 Å². The molecule has 2 nitrogen and oxygen atoms in total. The number of hydrogen-bond acceptors (Lipinski definition) is 1. The van der Waals surface area contributed by atoms with Crippen molar-refractivity contribution in [2.75, 3.05) is 0 Å². The first-order chi connectivity index (χ1) is 6.09. The first-order valence-electron chi connectivity index (χ1n) is 4.02. The summed E-state index contributed by atoms with van der Waals surface area (Å²) in [6.07, 6.45) is 0.372. The van der Waals surface area contributed by atoms with E-state index in [2.05, 4.69) is 0 Å². The Labute approximate surface area is 82.2 Å². The molecular weight excluding hydrogens is 188 g/mol. The van der Waals surface area contributed by atoms with E-state index >= 15 is 0 Å². The summed E-state index contributed by atoms with van der Waals surface area (Å²) in [6.45, 7) is 1.99. The van der Waals surface area contributed by atoms with Gasteiger partial charge in [-0.15, -0.1) is 11.6 Å². The molecule has 13 heavy (non-hydrogen) atoms. The van der Waals surface area contributed by atoms with Gasteiger partial charge in [-0.1, -0.05) is 29.8 Å². The van der Waals surface area contributed by atoms with Gasteiger partial charge in [0.1, 0.15) is 5.38 Å². The summed E-state index contributed by atoms with van der Waals surface area (Å²) in [7, 11) is 0. The largest absolute Gasteiger partial charge is 0.480 e. The molecule has 0 aliphatic heterocycles. The predicted octanol–water partition coefficient (Wildman–Crippen LogP) is 2.23. The van der Waals surface area contributed by atoms with Gasteiger partial charge in [-0.2, -0.15) is 0 Å². The van der Waals surface area contributed by atoms with Gasteiger partial charge in [0.2, 0.25) is 0 Å². The van der Waals surface area contributed by atoms with Crippen LogP contribution in [0.25, 0.3) is 0 Å². The van der Waals surface area contributed by atoms with E-state index in [0.29, 0.717) is 6.42 Å². The van der Waals surface area contributed by atoms with Crippen molar-refractivity contribution in [3.05, 3.63) is 35.4 Å². The fourth-order valence-electron chi connectivity index (χ4n) is 1.02. The monoisotopic (exact) mass is 198 g/mol. The number of benzene rings is 1. The molecule has 1 N–H and O–H groups in total. The fraction of sp³-hybridized carbons (Fsp3) is 0.300. The standard InChI is InChI=1S/C10H11ClO2/c1-7-2-4-8(5-3-7)6-9(11)10(12)13/h2-5,9H,6H2,1H3,(H,12,13)/t9-/m0/s1. The van der Waals surface area contributed by atoms with Crippen molar-refractivity contribution in [1.82, 2.24) is 0 Å². The Morgan fingerprint density at radius 1 is 1.46 bits per heavy atom. The van der Waals surface area contributed by atoms with E-state index < -0.39 is 11.3 Å². The van der Waals surface area contributed by atoms with Gasteiger partial charge in [-0.05, 0) is 18.9 Å². The molecule has 0 saturated carbocycles. The number of carboxylic acid groups (broad SMARTS) is 1. The first-order valence-corrected chi connectivity index (χ1v) is 4.45. The van der Waals surface area contributed by atoms with E-state index in [1.54, 1.807) is 0 Å². The van der Waals surface area contributed by atoms with Crippen LogP contribution in [0.15, 0.2) is 24.3 Å². The maximum atomic E-state index is 10.4. The second kappa shape index (κ2) is 4.28. The zero-order chi connectivity index (χ0) is 9.84. The van der Waals surface area contributed by atoms with Crippen LogP contribution >= 0.6 is 11.6 Å². The Morgan fingerprint density at radius 2 is 2.00 bits per heavy atom. The van der Waals surface area contributed by atoms with Crippen molar-refractivity contribution >= 4 is 17.6 Å². The Morgan fingerprint density at radius 3 is 2.46 bits per heavy atom. The molecule has 0 radical (unpaired) electrons. The zero-order valence-corrected chi connectivity index (χ0v) is 8.08. The SMILES string of the molecule is Cc1ccc(C[C@H](Cl)C(=O)O)cc1. The van der Waals surface area contributed by atoms with Crippen LogP contribution in [0, 0.1) is 6.92 Å². The lowest BCUT2D eigenvalue weighted by Gasteiger charge is -2.04. The number of alkyl halides is 1. The van der Waals surface area contributed by atoms with Crippen LogP contribution in [0.3, 0.4) is 0 Å². The van der Waals surface area contributed by atoms with Crippen LogP contribution < -0.4 is 0 Å². The quantitative estimate of drug-likeness (QED) is 0.757. The smallest absolute Gasteiger partial charge is 0.321 e. The molecule has 1 atom stereocenters. The van der Waals surface area contributed by atoms with E-state index in [4.69, 9.17) is 16.7 Å². The molecule has 0 saturated heterocycles. The lowest BCUT2D eigenvalue weighted by atomic mass is 10.1. The van der Waals surface area contributed by atoms with E-state index in [1.807, 2.05) is 31.2 Å². The van der Waals surface area contributed by atoms with Crippen LogP contribution in [-0.4, -0.2) is 16.5 Å². The van der Waals surface area contributed by atoms with Gasteiger partial charge in [-0.3, -0.25) is 4.79 Å². The highest BCUT2D eigenvalue weighted by atomic mass is 35.5.